The number of halogens is 2. The van der Waals surface area contributed by atoms with Crippen LogP contribution in [0.4, 0.5) is 11.4 Å². The van der Waals surface area contributed by atoms with Crippen LogP contribution in [0.15, 0.2) is 42.5 Å². The van der Waals surface area contributed by atoms with Gasteiger partial charge >= 0.3 is 0 Å². The van der Waals surface area contributed by atoms with Crippen LogP contribution in [-0.4, -0.2) is 18.6 Å². The third-order valence-corrected chi connectivity index (χ3v) is 3.97. The van der Waals surface area contributed by atoms with Crippen molar-refractivity contribution in [2.75, 3.05) is 17.2 Å². The Morgan fingerprint density at radius 2 is 1.87 bits per heavy atom. The van der Waals surface area contributed by atoms with Gasteiger partial charge in [-0.25, -0.2) is 0 Å². The summed E-state index contributed by atoms with van der Waals surface area (Å²) >= 11 is 12.0. The highest BCUT2D eigenvalue weighted by atomic mass is 35.5. The Morgan fingerprint density at radius 3 is 2.52 bits per heavy atom. The van der Waals surface area contributed by atoms with Crippen molar-refractivity contribution in [3.8, 4) is 5.75 Å². The summed E-state index contributed by atoms with van der Waals surface area (Å²) in [6.07, 6.45) is 0. The van der Waals surface area contributed by atoms with Crippen molar-refractivity contribution >= 4 is 40.5 Å². The van der Waals surface area contributed by atoms with E-state index in [1.54, 1.807) is 25.1 Å². The summed E-state index contributed by atoms with van der Waals surface area (Å²) in [5.41, 5.74) is 1.32. The van der Waals surface area contributed by atoms with Gasteiger partial charge in [0.1, 0.15) is 11.8 Å². The van der Waals surface area contributed by atoms with Crippen molar-refractivity contribution in [1.29, 1.82) is 0 Å². The summed E-state index contributed by atoms with van der Waals surface area (Å²) in [5, 5.41) is 6.61. The van der Waals surface area contributed by atoms with Crippen molar-refractivity contribution < 1.29 is 9.53 Å². The van der Waals surface area contributed by atoms with Crippen LogP contribution < -0.4 is 15.4 Å². The largest absolute Gasteiger partial charge is 0.494 e. The second kappa shape index (κ2) is 8.09. The number of nitrogens with one attached hydrogen (secondary N) is 2. The lowest BCUT2D eigenvalue weighted by Gasteiger charge is -2.16. The number of hydrogen-bond donors (Lipinski definition) is 2. The Labute approximate surface area is 145 Å². The van der Waals surface area contributed by atoms with Crippen LogP contribution in [0, 0.1) is 0 Å². The van der Waals surface area contributed by atoms with Crippen LogP contribution >= 0.6 is 23.2 Å². The zero-order chi connectivity index (χ0) is 16.8. The summed E-state index contributed by atoms with van der Waals surface area (Å²) in [5.74, 6) is 0.587. The average Bonchev–Trinajstić information content (AvgIpc) is 2.54. The van der Waals surface area contributed by atoms with Gasteiger partial charge in [0.15, 0.2) is 0 Å². The van der Waals surface area contributed by atoms with E-state index in [0.717, 1.165) is 11.4 Å². The van der Waals surface area contributed by atoms with Gasteiger partial charge in [0.2, 0.25) is 5.91 Å². The first kappa shape index (κ1) is 17.4. The van der Waals surface area contributed by atoms with E-state index in [0.29, 0.717) is 22.3 Å². The highest BCUT2D eigenvalue weighted by Crippen LogP contribution is 2.29. The van der Waals surface area contributed by atoms with Crippen LogP contribution in [0.3, 0.4) is 0 Å². The maximum absolute atomic E-state index is 12.2. The van der Waals surface area contributed by atoms with Crippen LogP contribution in [0.5, 0.6) is 5.75 Å². The lowest BCUT2D eigenvalue weighted by atomic mass is 10.2. The lowest BCUT2D eigenvalue weighted by Crippen LogP contribution is -2.31. The molecule has 122 valence electrons. The van der Waals surface area contributed by atoms with Crippen molar-refractivity contribution in [2.45, 2.75) is 19.9 Å². The molecule has 1 atom stereocenters. The molecule has 0 spiro atoms. The summed E-state index contributed by atoms with van der Waals surface area (Å²) in [4.78, 5) is 12.2. The average molecular weight is 353 g/mol. The molecule has 0 saturated heterocycles. The van der Waals surface area contributed by atoms with Crippen molar-refractivity contribution in [2.24, 2.45) is 0 Å². The standard InChI is InChI=1S/C17H18Cl2N2O2/c1-3-23-13-9-7-12(8-10-13)20-11(2)17(22)21-15-6-4-5-14(18)16(15)19/h4-11,20H,3H2,1-2H3,(H,21,22). The van der Waals surface area contributed by atoms with E-state index in [1.165, 1.54) is 0 Å². The van der Waals surface area contributed by atoms with Gasteiger partial charge in [0.05, 0.1) is 22.3 Å². The van der Waals surface area contributed by atoms with E-state index in [1.807, 2.05) is 31.2 Å². The van der Waals surface area contributed by atoms with Crippen molar-refractivity contribution in [3.05, 3.63) is 52.5 Å². The molecule has 2 aromatic rings. The molecule has 0 radical (unpaired) electrons. The van der Waals surface area contributed by atoms with Crippen LogP contribution in [0.1, 0.15) is 13.8 Å². The molecule has 0 aliphatic rings. The number of anilines is 2. The SMILES string of the molecule is CCOc1ccc(NC(C)C(=O)Nc2cccc(Cl)c2Cl)cc1. The third kappa shape index (κ3) is 4.78. The van der Waals surface area contributed by atoms with E-state index in [9.17, 15) is 4.79 Å². The monoisotopic (exact) mass is 352 g/mol. The van der Waals surface area contributed by atoms with Crippen LogP contribution in [0.25, 0.3) is 0 Å². The molecule has 2 N–H and O–H groups in total. The molecule has 4 nitrogen and oxygen atoms in total. The fourth-order valence-electron chi connectivity index (χ4n) is 1.97. The quantitative estimate of drug-likeness (QED) is 0.782. The molecule has 0 aromatic heterocycles. The Balaban J connectivity index is 1.98. The highest BCUT2D eigenvalue weighted by Gasteiger charge is 2.15. The molecule has 0 bridgehead atoms. The molecule has 0 heterocycles. The predicted octanol–water partition coefficient (Wildman–Crippen LogP) is 4.83. The van der Waals surface area contributed by atoms with Crippen molar-refractivity contribution in [1.82, 2.24) is 0 Å². The maximum atomic E-state index is 12.2. The minimum absolute atomic E-state index is 0.206. The smallest absolute Gasteiger partial charge is 0.246 e. The van der Waals surface area contributed by atoms with Gasteiger partial charge in [-0.15, -0.1) is 0 Å². The molecule has 0 saturated carbocycles. The molecule has 0 aliphatic carbocycles. The molecule has 1 amide bonds. The third-order valence-electron chi connectivity index (χ3n) is 3.15. The zero-order valence-electron chi connectivity index (χ0n) is 12.9. The molecule has 1 unspecified atom stereocenters. The molecular weight excluding hydrogens is 335 g/mol. The molecule has 0 fully saturated rings. The van der Waals surface area contributed by atoms with Gasteiger partial charge in [-0.1, -0.05) is 29.3 Å². The van der Waals surface area contributed by atoms with Gasteiger partial charge in [0.25, 0.3) is 0 Å². The fraction of sp³-hybridized carbons (Fsp3) is 0.235. The minimum Gasteiger partial charge on any atom is -0.494 e. The van der Waals surface area contributed by atoms with Gasteiger partial charge in [-0.2, -0.15) is 0 Å². The van der Waals surface area contributed by atoms with Gasteiger partial charge in [-0.05, 0) is 50.2 Å². The van der Waals surface area contributed by atoms with E-state index < -0.39 is 6.04 Å². The number of hydrogen-bond acceptors (Lipinski definition) is 3. The Bertz CT molecular complexity index is 675. The number of amides is 1. The number of ether oxygens (including phenoxy) is 1. The summed E-state index contributed by atoms with van der Waals surface area (Å²) in [6, 6.07) is 12.1. The predicted molar refractivity (Wildman–Crippen MR) is 95.8 cm³/mol. The summed E-state index contributed by atoms with van der Waals surface area (Å²) in [7, 11) is 0. The first-order valence-electron chi connectivity index (χ1n) is 7.25. The van der Waals surface area contributed by atoms with E-state index >= 15 is 0 Å². The number of rotatable bonds is 6. The Kier molecular flexibility index (Phi) is 6.13. The van der Waals surface area contributed by atoms with Crippen LogP contribution in [-0.2, 0) is 4.79 Å². The van der Waals surface area contributed by atoms with Gasteiger partial charge < -0.3 is 15.4 Å². The first-order chi connectivity index (χ1) is 11.0. The summed E-state index contributed by atoms with van der Waals surface area (Å²) < 4.78 is 5.38. The minimum atomic E-state index is -0.442. The highest BCUT2D eigenvalue weighted by molar-refractivity contribution is 6.44. The number of carbonyl (C=O) groups excluding carboxylic acids is 1. The first-order valence-corrected chi connectivity index (χ1v) is 8.01. The van der Waals surface area contributed by atoms with Crippen molar-refractivity contribution in [3.63, 3.8) is 0 Å². The normalized spacial score (nSPS) is 11.7. The second-order valence-corrected chi connectivity index (χ2v) is 5.70. The van der Waals surface area contributed by atoms with E-state index in [2.05, 4.69) is 10.6 Å². The summed E-state index contributed by atoms with van der Waals surface area (Å²) in [6.45, 7) is 4.32. The fourth-order valence-corrected chi connectivity index (χ4v) is 2.32. The Morgan fingerprint density at radius 1 is 1.17 bits per heavy atom. The Hall–Kier alpha value is -1.91. The van der Waals surface area contributed by atoms with Gasteiger partial charge in [-0.3, -0.25) is 4.79 Å². The van der Waals surface area contributed by atoms with Gasteiger partial charge in [0, 0.05) is 5.69 Å². The maximum Gasteiger partial charge on any atom is 0.246 e. The van der Waals surface area contributed by atoms with E-state index in [-0.39, 0.29) is 5.91 Å². The number of benzene rings is 2. The molecule has 23 heavy (non-hydrogen) atoms. The molecule has 2 rings (SSSR count). The van der Waals surface area contributed by atoms with Crippen LogP contribution in [0.2, 0.25) is 10.0 Å². The molecule has 2 aromatic carbocycles. The topological polar surface area (TPSA) is 50.4 Å². The second-order valence-electron chi connectivity index (χ2n) is 4.91. The number of carbonyl (C=O) groups is 1. The molecule has 0 aliphatic heterocycles. The molecule has 6 heteroatoms. The van der Waals surface area contributed by atoms with E-state index in [4.69, 9.17) is 27.9 Å². The molecular formula is C17H18Cl2N2O2. The lowest BCUT2D eigenvalue weighted by molar-refractivity contribution is -0.116. The zero-order valence-corrected chi connectivity index (χ0v) is 14.4.